The molecule has 3 N–H and O–H groups in total. The molecule has 0 rings (SSSR count). The van der Waals surface area contributed by atoms with E-state index >= 15 is 0 Å². The maximum Gasteiger partial charge on any atom is 0.472 e. The average Bonchev–Trinajstić information content (AvgIpc) is 3.45. The van der Waals surface area contributed by atoms with E-state index in [-0.39, 0.29) is 25.7 Å². The third-order valence-electron chi connectivity index (χ3n) is 14.7. The van der Waals surface area contributed by atoms with Crippen molar-refractivity contribution < 1.29 is 80.2 Å². The Morgan fingerprint density at radius 2 is 0.622 bits per heavy atom. The molecule has 0 aromatic heterocycles. The second-order valence-corrected chi connectivity index (χ2v) is 26.9. The van der Waals surface area contributed by atoms with Gasteiger partial charge in [0.05, 0.1) is 26.4 Å². The molecule has 0 bridgehead atoms. The number of phosphoric acid groups is 2. The van der Waals surface area contributed by atoms with E-state index in [4.69, 9.17) is 37.0 Å². The number of hydrogen-bond donors (Lipinski definition) is 3. The van der Waals surface area contributed by atoms with Gasteiger partial charge in [-0.2, -0.15) is 0 Å². The van der Waals surface area contributed by atoms with Crippen molar-refractivity contribution in [3.05, 3.63) is 0 Å². The maximum atomic E-state index is 13.0. The minimum atomic E-state index is -4.94. The molecule has 0 heterocycles. The highest BCUT2D eigenvalue weighted by atomic mass is 31.2. The minimum absolute atomic E-state index is 0.101. The van der Waals surface area contributed by atoms with Crippen LogP contribution in [0.15, 0.2) is 0 Å². The van der Waals surface area contributed by atoms with Crippen LogP contribution < -0.4 is 0 Å². The Kier molecular flexibility index (Phi) is 53.2. The second kappa shape index (κ2) is 54.5. The SMILES string of the molecule is CCCCCCCC(=O)OC[C@H](COP(=O)(O)OC[C@H](O)COP(=O)(O)OC[C@@H](COC(=O)CCCCCCCCCCCCC(C)CC)OC(=O)CCCCCCCCCCCCCC(C)C)OC(=O)CCCCCCCCC(C)C. The first-order valence-electron chi connectivity index (χ1n) is 32.9. The second-order valence-electron chi connectivity index (χ2n) is 24.0. The summed E-state index contributed by atoms with van der Waals surface area (Å²) in [5.74, 6) is 0.0936. The average molecular weight is 1210 g/mol. The van der Waals surface area contributed by atoms with E-state index in [1.54, 1.807) is 0 Å². The Labute approximate surface area is 498 Å². The normalized spacial score (nSPS) is 14.7. The van der Waals surface area contributed by atoms with Crippen molar-refractivity contribution in [3.63, 3.8) is 0 Å². The smallest absolute Gasteiger partial charge is 0.462 e. The van der Waals surface area contributed by atoms with Gasteiger partial charge in [0, 0.05) is 25.7 Å². The van der Waals surface area contributed by atoms with Crippen LogP contribution in [0.5, 0.6) is 0 Å². The fourth-order valence-corrected chi connectivity index (χ4v) is 10.9. The molecule has 0 aromatic carbocycles. The lowest BCUT2D eigenvalue weighted by Crippen LogP contribution is -2.30. The summed E-state index contributed by atoms with van der Waals surface area (Å²) in [5.41, 5.74) is 0. The molecule has 17 nitrogen and oxygen atoms in total. The summed E-state index contributed by atoms with van der Waals surface area (Å²) in [6, 6.07) is 0. The molecule has 0 radical (unpaired) electrons. The zero-order valence-corrected chi connectivity index (χ0v) is 54.7. The van der Waals surface area contributed by atoms with Gasteiger partial charge in [0.1, 0.15) is 19.3 Å². The molecular weight excluding hydrogens is 1090 g/mol. The molecule has 0 fully saturated rings. The van der Waals surface area contributed by atoms with E-state index in [1.165, 1.54) is 109 Å². The fraction of sp³-hybridized carbons (Fsp3) is 0.937. The van der Waals surface area contributed by atoms with Crippen molar-refractivity contribution in [2.45, 2.75) is 324 Å². The van der Waals surface area contributed by atoms with Gasteiger partial charge in [-0.1, -0.05) is 254 Å². The van der Waals surface area contributed by atoms with Crippen LogP contribution >= 0.6 is 15.6 Å². The lowest BCUT2D eigenvalue weighted by Gasteiger charge is -2.21. The summed E-state index contributed by atoms with van der Waals surface area (Å²) >= 11 is 0. The van der Waals surface area contributed by atoms with E-state index in [0.717, 1.165) is 108 Å². The minimum Gasteiger partial charge on any atom is -0.462 e. The molecule has 0 spiro atoms. The van der Waals surface area contributed by atoms with Crippen LogP contribution in [0.4, 0.5) is 0 Å². The molecule has 0 aromatic rings. The Bertz CT molecular complexity index is 1630. The summed E-state index contributed by atoms with van der Waals surface area (Å²) in [5, 5.41) is 10.5. The highest BCUT2D eigenvalue weighted by Crippen LogP contribution is 2.45. The number of phosphoric ester groups is 2. The zero-order chi connectivity index (χ0) is 61.0. The highest BCUT2D eigenvalue weighted by Gasteiger charge is 2.30. The third-order valence-corrected chi connectivity index (χ3v) is 16.6. The summed E-state index contributed by atoms with van der Waals surface area (Å²) < 4.78 is 67.7. The maximum absolute atomic E-state index is 13.0. The van der Waals surface area contributed by atoms with Crippen LogP contribution in [-0.2, 0) is 65.4 Å². The third kappa shape index (κ3) is 55.9. The van der Waals surface area contributed by atoms with Gasteiger partial charge in [0.2, 0.25) is 0 Å². The van der Waals surface area contributed by atoms with E-state index in [0.29, 0.717) is 31.6 Å². The van der Waals surface area contributed by atoms with Gasteiger partial charge in [0.15, 0.2) is 12.2 Å². The van der Waals surface area contributed by atoms with Crippen molar-refractivity contribution in [3.8, 4) is 0 Å². The monoisotopic (exact) mass is 1210 g/mol. The first kappa shape index (κ1) is 80.1. The number of hydrogen-bond acceptors (Lipinski definition) is 15. The first-order chi connectivity index (χ1) is 39.3. The van der Waals surface area contributed by atoms with E-state index in [1.807, 2.05) is 0 Å². The van der Waals surface area contributed by atoms with Gasteiger partial charge >= 0.3 is 39.5 Å². The number of rotatable bonds is 61. The molecule has 0 aliphatic carbocycles. The Balaban J connectivity index is 5.19. The van der Waals surface area contributed by atoms with Crippen molar-refractivity contribution >= 4 is 39.5 Å². The molecule has 3 unspecified atom stereocenters. The number of carbonyl (C=O) groups is 4. The molecule has 0 amide bonds. The number of carbonyl (C=O) groups excluding carboxylic acids is 4. The van der Waals surface area contributed by atoms with E-state index in [2.05, 4.69) is 48.5 Å². The molecule has 486 valence electrons. The zero-order valence-electron chi connectivity index (χ0n) is 52.9. The van der Waals surface area contributed by atoms with Gasteiger partial charge in [-0.05, 0) is 43.4 Å². The van der Waals surface area contributed by atoms with Gasteiger partial charge < -0.3 is 33.8 Å². The summed E-state index contributed by atoms with van der Waals surface area (Å²) in [7, 11) is -9.88. The van der Waals surface area contributed by atoms with Crippen LogP contribution in [0.1, 0.15) is 305 Å². The molecule has 82 heavy (non-hydrogen) atoms. The van der Waals surface area contributed by atoms with E-state index < -0.39 is 97.5 Å². The van der Waals surface area contributed by atoms with E-state index in [9.17, 15) is 43.2 Å². The van der Waals surface area contributed by atoms with Crippen LogP contribution in [-0.4, -0.2) is 96.7 Å². The molecule has 0 aliphatic rings. The lowest BCUT2D eigenvalue weighted by molar-refractivity contribution is -0.161. The first-order valence-corrected chi connectivity index (χ1v) is 35.9. The van der Waals surface area contributed by atoms with Crippen molar-refractivity contribution in [1.29, 1.82) is 0 Å². The Hall–Kier alpha value is -1.94. The number of aliphatic hydroxyl groups is 1. The van der Waals surface area contributed by atoms with Crippen LogP contribution in [0.25, 0.3) is 0 Å². The number of esters is 4. The fourth-order valence-electron chi connectivity index (χ4n) is 9.27. The van der Waals surface area contributed by atoms with Gasteiger partial charge in [-0.15, -0.1) is 0 Å². The van der Waals surface area contributed by atoms with Crippen LogP contribution in [0, 0.1) is 17.8 Å². The molecule has 0 aliphatic heterocycles. The summed E-state index contributed by atoms with van der Waals surface area (Å²) in [4.78, 5) is 71.9. The summed E-state index contributed by atoms with van der Waals surface area (Å²) in [6.45, 7) is 11.6. The predicted octanol–water partition coefficient (Wildman–Crippen LogP) is 17.1. The van der Waals surface area contributed by atoms with Crippen LogP contribution in [0.2, 0.25) is 0 Å². The number of ether oxygens (including phenoxy) is 4. The number of aliphatic hydroxyl groups excluding tert-OH is 1. The highest BCUT2D eigenvalue weighted by molar-refractivity contribution is 7.47. The standard InChI is InChI=1S/C63H122O17P2/c1-8-10-11-27-37-44-60(65)73-50-58(80-63(68)47-40-33-26-25-29-35-42-55(5)6)52-77-81(69,70)75-48-57(64)49-76-82(71,72)78-53-59(79-62(67)46-39-32-24-20-14-12-13-17-21-28-34-41-54(3)4)51-74-61(66)45-38-31-23-19-16-15-18-22-30-36-43-56(7)9-2/h54-59,64H,8-53H2,1-7H3,(H,69,70)(H,71,72)/t56?,57-,58+,59+/m0/s1. The molecule has 0 saturated carbocycles. The molecule has 0 saturated heterocycles. The van der Waals surface area contributed by atoms with Crippen molar-refractivity contribution in [2.24, 2.45) is 17.8 Å². The van der Waals surface area contributed by atoms with Gasteiger partial charge in [0.25, 0.3) is 0 Å². The van der Waals surface area contributed by atoms with Crippen LogP contribution in [0.3, 0.4) is 0 Å². The lowest BCUT2D eigenvalue weighted by atomic mass is 9.99. The van der Waals surface area contributed by atoms with Gasteiger partial charge in [-0.25, -0.2) is 9.13 Å². The Morgan fingerprint density at radius 3 is 0.927 bits per heavy atom. The molecular formula is C63H122O17P2. The summed E-state index contributed by atoms with van der Waals surface area (Å²) in [6.07, 6.45) is 35.3. The Morgan fingerprint density at radius 1 is 0.354 bits per heavy atom. The topological polar surface area (TPSA) is 237 Å². The predicted molar refractivity (Wildman–Crippen MR) is 326 cm³/mol. The molecule has 6 atom stereocenters. The van der Waals surface area contributed by atoms with Crippen molar-refractivity contribution in [2.75, 3.05) is 39.6 Å². The molecule has 19 heteroatoms. The number of unbranched alkanes of at least 4 members (excludes halogenated alkanes) is 28. The largest absolute Gasteiger partial charge is 0.472 e. The van der Waals surface area contributed by atoms with Gasteiger partial charge in [-0.3, -0.25) is 37.3 Å². The van der Waals surface area contributed by atoms with Crippen molar-refractivity contribution in [1.82, 2.24) is 0 Å². The quantitative estimate of drug-likeness (QED) is 0.0222.